The quantitative estimate of drug-likeness (QED) is 0.705. The van der Waals surface area contributed by atoms with Gasteiger partial charge in [0.15, 0.2) is 5.03 Å². The molecular weight excluding hydrogens is 300 g/mol. The number of carboxylic acids is 1. The molecule has 10 heteroatoms. The molecule has 2 rings (SSSR count). The van der Waals surface area contributed by atoms with E-state index in [1.165, 1.54) is 14.0 Å². The van der Waals surface area contributed by atoms with Crippen LogP contribution in [0.4, 0.5) is 0 Å². The maximum absolute atomic E-state index is 12.0. The summed E-state index contributed by atoms with van der Waals surface area (Å²) in [4.78, 5) is 22.2. The second-order valence-electron chi connectivity index (χ2n) is 3.46. The molecule has 98 valence electrons. The molecule has 0 unspecified atom stereocenters. The maximum atomic E-state index is 12.0. The standard InChI is InChI=1S/C8H8N2O5S3/c1-3(11)9-7-5-4(10(2)18(7,14)15)6(8(12)13)17-16-5/h1-2H3,(H,9,11)(H,12,13). The van der Waals surface area contributed by atoms with Crippen molar-refractivity contribution >= 4 is 43.5 Å². The van der Waals surface area contributed by atoms with Crippen molar-refractivity contribution in [3.05, 3.63) is 20.5 Å². The highest BCUT2D eigenvalue weighted by Crippen LogP contribution is 2.55. The molecule has 0 saturated heterocycles. The van der Waals surface area contributed by atoms with Crippen LogP contribution < -0.4 is 5.32 Å². The van der Waals surface area contributed by atoms with E-state index in [9.17, 15) is 18.0 Å². The van der Waals surface area contributed by atoms with Gasteiger partial charge >= 0.3 is 5.97 Å². The van der Waals surface area contributed by atoms with Gasteiger partial charge in [0.25, 0.3) is 10.0 Å². The highest BCUT2D eigenvalue weighted by molar-refractivity contribution is 8.80. The van der Waals surface area contributed by atoms with Crippen LogP contribution in [-0.4, -0.2) is 36.8 Å². The third-order valence-electron chi connectivity index (χ3n) is 2.26. The molecular formula is C8H8N2O5S3. The SMILES string of the molecule is CC(=O)NC1=C2SSC(C(=O)O)=C2N(C)S1(=O)=O. The molecule has 0 aromatic carbocycles. The summed E-state index contributed by atoms with van der Waals surface area (Å²) in [6.07, 6.45) is 0. The number of amides is 1. The van der Waals surface area contributed by atoms with E-state index in [0.29, 0.717) is 0 Å². The van der Waals surface area contributed by atoms with Crippen LogP contribution in [0.5, 0.6) is 0 Å². The normalized spacial score (nSPS) is 21.3. The van der Waals surface area contributed by atoms with E-state index < -0.39 is 21.9 Å². The maximum Gasteiger partial charge on any atom is 0.345 e. The van der Waals surface area contributed by atoms with Crippen LogP contribution in [0.1, 0.15) is 6.92 Å². The van der Waals surface area contributed by atoms with Gasteiger partial charge in [0, 0.05) is 14.0 Å². The van der Waals surface area contributed by atoms with Crippen molar-refractivity contribution in [1.29, 1.82) is 0 Å². The molecule has 18 heavy (non-hydrogen) atoms. The Hall–Kier alpha value is -1.13. The summed E-state index contributed by atoms with van der Waals surface area (Å²) >= 11 is 0. The third-order valence-corrected chi connectivity index (χ3v) is 6.55. The first kappa shape index (κ1) is 13.3. The van der Waals surface area contributed by atoms with Crippen molar-refractivity contribution < 1.29 is 23.1 Å². The van der Waals surface area contributed by atoms with Gasteiger partial charge in [-0.25, -0.2) is 4.79 Å². The van der Waals surface area contributed by atoms with Gasteiger partial charge in [-0.05, 0) is 21.6 Å². The van der Waals surface area contributed by atoms with E-state index in [1.54, 1.807) is 0 Å². The lowest BCUT2D eigenvalue weighted by atomic mass is 10.3. The predicted octanol–water partition coefficient (Wildman–Crippen LogP) is 0.258. The van der Waals surface area contributed by atoms with Gasteiger partial charge in [-0.3, -0.25) is 9.10 Å². The number of rotatable bonds is 2. The highest BCUT2D eigenvalue weighted by Gasteiger charge is 2.46. The molecule has 1 amide bonds. The van der Waals surface area contributed by atoms with Crippen LogP contribution in [0.3, 0.4) is 0 Å². The number of hydrogen-bond acceptors (Lipinski definition) is 6. The van der Waals surface area contributed by atoms with Gasteiger partial charge in [-0.15, -0.1) is 0 Å². The molecule has 0 saturated carbocycles. The Bertz CT molecular complexity index is 619. The van der Waals surface area contributed by atoms with Crippen molar-refractivity contribution in [3.63, 3.8) is 0 Å². The van der Waals surface area contributed by atoms with Crippen molar-refractivity contribution in [1.82, 2.24) is 9.62 Å². The van der Waals surface area contributed by atoms with Crippen LogP contribution in [0.25, 0.3) is 0 Å². The van der Waals surface area contributed by atoms with Gasteiger partial charge < -0.3 is 10.4 Å². The zero-order chi connectivity index (χ0) is 13.7. The summed E-state index contributed by atoms with van der Waals surface area (Å²) in [7, 11) is -0.631. The Morgan fingerprint density at radius 1 is 1.33 bits per heavy atom. The first-order chi connectivity index (χ1) is 8.26. The van der Waals surface area contributed by atoms with E-state index in [1.807, 2.05) is 0 Å². The van der Waals surface area contributed by atoms with Crippen LogP contribution in [0, 0.1) is 0 Å². The smallest absolute Gasteiger partial charge is 0.345 e. The average molecular weight is 308 g/mol. The van der Waals surface area contributed by atoms with E-state index >= 15 is 0 Å². The molecule has 0 aliphatic carbocycles. The fourth-order valence-electron chi connectivity index (χ4n) is 1.49. The first-order valence-electron chi connectivity index (χ1n) is 4.60. The van der Waals surface area contributed by atoms with Crippen molar-refractivity contribution in [2.24, 2.45) is 0 Å². The van der Waals surface area contributed by atoms with Gasteiger partial charge in [0.05, 0.1) is 10.6 Å². The summed E-state index contributed by atoms with van der Waals surface area (Å²) < 4.78 is 24.9. The molecule has 2 aliphatic rings. The molecule has 0 spiro atoms. The minimum atomic E-state index is -3.86. The molecule has 0 aromatic heterocycles. The van der Waals surface area contributed by atoms with E-state index in [4.69, 9.17) is 5.11 Å². The number of nitrogens with zero attached hydrogens (tertiary/aromatic N) is 1. The first-order valence-corrected chi connectivity index (χ1v) is 8.19. The molecule has 7 nitrogen and oxygen atoms in total. The van der Waals surface area contributed by atoms with Gasteiger partial charge in [-0.1, -0.05) is 0 Å². The number of carbonyl (C=O) groups excluding carboxylic acids is 1. The van der Waals surface area contributed by atoms with Gasteiger partial charge in [-0.2, -0.15) is 8.42 Å². The number of sulfonamides is 1. The summed E-state index contributed by atoms with van der Waals surface area (Å²) in [5.41, 5.74) is 0.112. The van der Waals surface area contributed by atoms with Crippen molar-refractivity contribution in [2.75, 3.05) is 7.05 Å². The number of fused-ring (bicyclic) bond motifs is 1. The Morgan fingerprint density at radius 2 is 1.94 bits per heavy atom. The predicted molar refractivity (Wildman–Crippen MR) is 67.4 cm³/mol. The number of nitrogens with one attached hydrogen (secondary N) is 1. The summed E-state index contributed by atoms with van der Waals surface area (Å²) in [6, 6.07) is 0. The summed E-state index contributed by atoms with van der Waals surface area (Å²) in [5, 5.41) is 11.0. The monoisotopic (exact) mass is 308 g/mol. The lowest BCUT2D eigenvalue weighted by molar-refractivity contribution is -0.131. The Kier molecular flexibility index (Phi) is 3.11. The molecule has 2 heterocycles. The fraction of sp³-hybridized carbons (Fsp3) is 0.250. The topological polar surface area (TPSA) is 104 Å². The van der Waals surface area contributed by atoms with E-state index in [-0.39, 0.29) is 20.5 Å². The number of carboxylic acid groups (broad SMARTS) is 1. The average Bonchev–Trinajstić information content (AvgIpc) is 2.73. The minimum absolute atomic E-state index is 0.0542. The molecule has 0 fully saturated rings. The second-order valence-corrected chi connectivity index (χ2v) is 7.52. The largest absolute Gasteiger partial charge is 0.477 e. The number of hydrogen-bond donors (Lipinski definition) is 2. The zero-order valence-electron chi connectivity index (χ0n) is 9.25. The van der Waals surface area contributed by atoms with E-state index in [0.717, 1.165) is 25.9 Å². The van der Waals surface area contributed by atoms with Crippen molar-refractivity contribution in [2.45, 2.75) is 6.92 Å². The number of carbonyl (C=O) groups is 2. The lowest BCUT2D eigenvalue weighted by Gasteiger charge is -2.13. The van der Waals surface area contributed by atoms with Crippen LogP contribution >= 0.6 is 21.6 Å². The molecule has 2 aliphatic heterocycles. The molecule has 0 bridgehead atoms. The summed E-state index contributed by atoms with van der Waals surface area (Å²) in [5.74, 6) is -1.71. The van der Waals surface area contributed by atoms with Crippen LogP contribution in [0.2, 0.25) is 0 Å². The minimum Gasteiger partial charge on any atom is -0.477 e. The van der Waals surface area contributed by atoms with Crippen LogP contribution in [-0.2, 0) is 19.6 Å². The van der Waals surface area contributed by atoms with Gasteiger partial charge in [0.1, 0.15) is 4.91 Å². The zero-order valence-corrected chi connectivity index (χ0v) is 11.7. The van der Waals surface area contributed by atoms with Crippen LogP contribution in [0.15, 0.2) is 20.5 Å². The molecule has 0 radical (unpaired) electrons. The Balaban J connectivity index is 2.64. The second kappa shape index (κ2) is 4.21. The lowest BCUT2D eigenvalue weighted by Crippen LogP contribution is -2.29. The molecule has 2 N–H and O–H groups in total. The Labute approximate surface area is 111 Å². The highest BCUT2D eigenvalue weighted by atomic mass is 33.1. The van der Waals surface area contributed by atoms with Gasteiger partial charge in [0.2, 0.25) is 5.91 Å². The third kappa shape index (κ3) is 1.80. The van der Waals surface area contributed by atoms with Crippen molar-refractivity contribution in [3.8, 4) is 0 Å². The number of likely N-dealkylation sites (N-methyl/N-ethyl adjacent to an activating group) is 1. The van der Waals surface area contributed by atoms with E-state index in [2.05, 4.69) is 5.32 Å². The molecule has 0 atom stereocenters. The fourth-order valence-corrected chi connectivity index (χ4v) is 6.01. The Morgan fingerprint density at radius 3 is 2.44 bits per heavy atom. The molecule has 0 aromatic rings. The summed E-state index contributed by atoms with van der Waals surface area (Å²) in [6.45, 7) is 1.19. The number of aliphatic carboxylic acids is 1.